The molecule has 0 bridgehead atoms. The van der Waals surface area contributed by atoms with Gasteiger partial charge in [0.25, 0.3) is 0 Å². The van der Waals surface area contributed by atoms with Gasteiger partial charge in [-0.3, -0.25) is 4.79 Å². The standard InChI is InChI=1S/C19H18Br3F3N2O4S/c1-32(30,31)9-17(28)26-8-11-2-3-15(7-16(11)22)27-10-18(29,19(23,24)25)12-4-13(20)6-14(21)5-12/h2-7,27,29H,8-10H2,1H3,(H,26,28)/t18-/m0/s1. The Labute approximate surface area is 208 Å². The van der Waals surface area contributed by atoms with E-state index in [1.807, 2.05) is 0 Å². The molecule has 0 radical (unpaired) electrons. The van der Waals surface area contributed by atoms with Crippen LogP contribution >= 0.6 is 47.8 Å². The Balaban J connectivity index is 2.16. The van der Waals surface area contributed by atoms with Crippen LogP contribution in [0.5, 0.6) is 0 Å². The van der Waals surface area contributed by atoms with Crippen molar-refractivity contribution in [1.29, 1.82) is 0 Å². The Kier molecular flexibility index (Phi) is 8.82. The molecular formula is C19H18Br3F3N2O4S. The number of nitrogens with one attached hydrogen (secondary N) is 2. The molecule has 32 heavy (non-hydrogen) atoms. The van der Waals surface area contributed by atoms with Gasteiger partial charge >= 0.3 is 6.18 Å². The fourth-order valence-electron chi connectivity index (χ4n) is 2.67. The van der Waals surface area contributed by atoms with Gasteiger partial charge in [-0.15, -0.1) is 0 Å². The van der Waals surface area contributed by atoms with E-state index in [9.17, 15) is 31.5 Å². The highest BCUT2D eigenvalue weighted by atomic mass is 79.9. The molecular weight excluding hydrogens is 649 g/mol. The van der Waals surface area contributed by atoms with E-state index in [0.29, 0.717) is 24.7 Å². The third kappa shape index (κ3) is 7.44. The van der Waals surface area contributed by atoms with Gasteiger partial charge in [-0.05, 0) is 41.5 Å². The fraction of sp³-hybridized carbons (Fsp3) is 0.316. The minimum absolute atomic E-state index is 0.0216. The number of carbonyl (C=O) groups is 1. The predicted octanol–water partition coefficient (Wildman–Crippen LogP) is 4.50. The summed E-state index contributed by atoms with van der Waals surface area (Å²) in [5, 5.41) is 15.6. The number of halogens is 6. The molecule has 0 saturated heterocycles. The van der Waals surface area contributed by atoms with Crippen molar-refractivity contribution >= 4 is 69.2 Å². The third-order valence-electron chi connectivity index (χ3n) is 4.28. The van der Waals surface area contributed by atoms with Crippen LogP contribution in [-0.2, 0) is 26.8 Å². The summed E-state index contributed by atoms with van der Waals surface area (Å²) in [4.78, 5) is 11.6. The van der Waals surface area contributed by atoms with Crippen molar-refractivity contribution in [3.8, 4) is 0 Å². The zero-order chi connectivity index (χ0) is 24.3. The molecule has 0 unspecified atom stereocenters. The number of amides is 1. The van der Waals surface area contributed by atoms with Gasteiger partial charge in [0.2, 0.25) is 11.5 Å². The Morgan fingerprint density at radius 1 is 1.06 bits per heavy atom. The minimum Gasteiger partial charge on any atom is -0.381 e. The molecule has 13 heteroatoms. The van der Waals surface area contributed by atoms with E-state index in [4.69, 9.17) is 0 Å². The van der Waals surface area contributed by atoms with Crippen molar-refractivity contribution in [3.05, 3.63) is 60.9 Å². The van der Waals surface area contributed by atoms with Crippen LogP contribution in [0.2, 0.25) is 0 Å². The Morgan fingerprint density at radius 2 is 1.66 bits per heavy atom. The quantitative estimate of drug-likeness (QED) is 0.386. The number of sulfone groups is 1. The molecule has 1 amide bonds. The number of aliphatic hydroxyl groups is 1. The lowest BCUT2D eigenvalue weighted by atomic mass is 9.93. The smallest absolute Gasteiger partial charge is 0.381 e. The number of carbonyl (C=O) groups excluding carboxylic acids is 1. The maximum absolute atomic E-state index is 13.8. The molecule has 0 aliphatic heterocycles. The van der Waals surface area contributed by atoms with Gasteiger partial charge in [-0.25, -0.2) is 8.42 Å². The van der Waals surface area contributed by atoms with E-state index in [2.05, 4.69) is 58.4 Å². The first-order valence-electron chi connectivity index (χ1n) is 8.83. The topological polar surface area (TPSA) is 95.5 Å². The monoisotopic (exact) mass is 664 g/mol. The molecule has 176 valence electrons. The van der Waals surface area contributed by atoms with Crippen LogP contribution < -0.4 is 10.6 Å². The molecule has 3 N–H and O–H groups in total. The molecule has 2 aromatic carbocycles. The molecule has 1 atom stereocenters. The average molecular weight is 667 g/mol. The largest absolute Gasteiger partial charge is 0.423 e. The first-order chi connectivity index (χ1) is 14.6. The summed E-state index contributed by atoms with van der Waals surface area (Å²) in [6, 6.07) is 8.46. The van der Waals surface area contributed by atoms with Crippen LogP contribution in [0.1, 0.15) is 11.1 Å². The summed E-state index contributed by atoms with van der Waals surface area (Å²) in [6.07, 6.45) is -4.01. The fourth-order valence-corrected chi connectivity index (χ4v) is 5.06. The van der Waals surface area contributed by atoms with Gasteiger partial charge in [-0.2, -0.15) is 13.2 Å². The Bertz CT molecular complexity index is 1090. The van der Waals surface area contributed by atoms with Gasteiger partial charge in [0.05, 0.1) is 6.54 Å². The molecule has 0 saturated carbocycles. The number of hydrogen-bond acceptors (Lipinski definition) is 5. The van der Waals surface area contributed by atoms with Crippen LogP contribution in [0.15, 0.2) is 49.8 Å². The van der Waals surface area contributed by atoms with Gasteiger partial charge in [0.15, 0.2) is 9.84 Å². The molecule has 0 heterocycles. The summed E-state index contributed by atoms with van der Waals surface area (Å²) in [7, 11) is -3.46. The first-order valence-corrected chi connectivity index (χ1v) is 13.3. The summed E-state index contributed by atoms with van der Waals surface area (Å²) < 4.78 is 64.8. The van der Waals surface area contributed by atoms with Crippen LogP contribution in [0.25, 0.3) is 0 Å². The molecule has 0 aliphatic carbocycles. The molecule has 0 fully saturated rings. The van der Waals surface area contributed by atoms with Crippen LogP contribution in [0.3, 0.4) is 0 Å². The van der Waals surface area contributed by atoms with Crippen molar-refractivity contribution in [1.82, 2.24) is 5.32 Å². The summed E-state index contributed by atoms with van der Waals surface area (Å²) in [5.74, 6) is -1.32. The van der Waals surface area contributed by atoms with E-state index in [1.54, 1.807) is 12.1 Å². The van der Waals surface area contributed by atoms with E-state index in [0.717, 1.165) is 6.26 Å². The lowest BCUT2D eigenvalue weighted by Gasteiger charge is -2.32. The number of rotatable bonds is 8. The maximum atomic E-state index is 13.8. The summed E-state index contributed by atoms with van der Waals surface area (Å²) in [5.41, 5.74) is -2.63. The Morgan fingerprint density at radius 3 is 2.16 bits per heavy atom. The first kappa shape index (κ1) is 27.1. The summed E-state index contributed by atoms with van der Waals surface area (Å²) >= 11 is 9.53. The molecule has 2 rings (SSSR count). The number of alkyl halides is 3. The average Bonchev–Trinajstić information content (AvgIpc) is 2.62. The zero-order valence-electron chi connectivity index (χ0n) is 16.4. The maximum Gasteiger partial charge on any atom is 0.423 e. The van der Waals surface area contributed by atoms with Crippen molar-refractivity contribution in [2.24, 2.45) is 0 Å². The normalized spacial score (nSPS) is 14.0. The highest BCUT2D eigenvalue weighted by Gasteiger charge is 2.55. The van der Waals surface area contributed by atoms with E-state index in [-0.39, 0.29) is 12.1 Å². The Hall–Kier alpha value is -1.15. The van der Waals surface area contributed by atoms with E-state index < -0.39 is 39.8 Å². The van der Waals surface area contributed by atoms with Crippen molar-refractivity contribution in [3.63, 3.8) is 0 Å². The van der Waals surface area contributed by atoms with Crippen LogP contribution in [0, 0.1) is 0 Å². The van der Waals surface area contributed by atoms with Gasteiger partial charge in [0, 0.05) is 31.9 Å². The van der Waals surface area contributed by atoms with E-state index in [1.165, 1.54) is 24.3 Å². The highest BCUT2D eigenvalue weighted by Crippen LogP contribution is 2.41. The van der Waals surface area contributed by atoms with Gasteiger partial charge in [0.1, 0.15) is 5.75 Å². The van der Waals surface area contributed by atoms with Crippen LogP contribution in [-0.4, -0.2) is 44.2 Å². The highest BCUT2D eigenvalue weighted by molar-refractivity contribution is 9.11. The second-order valence-electron chi connectivity index (χ2n) is 7.02. The second kappa shape index (κ2) is 10.4. The number of hydrogen-bond donors (Lipinski definition) is 3. The predicted molar refractivity (Wildman–Crippen MR) is 126 cm³/mol. The second-order valence-corrected chi connectivity index (χ2v) is 11.8. The minimum atomic E-state index is -4.96. The SMILES string of the molecule is CS(=O)(=O)CC(=O)NCc1ccc(NC[C@](O)(c2cc(Br)cc(Br)c2)C(F)(F)F)cc1Br. The number of benzene rings is 2. The van der Waals surface area contributed by atoms with E-state index >= 15 is 0 Å². The van der Waals surface area contributed by atoms with Gasteiger partial charge in [-0.1, -0.05) is 53.9 Å². The van der Waals surface area contributed by atoms with Crippen molar-refractivity contribution in [2.75, 3.05) is 23.9 Å². The van der Waals surface area contributed by atoms with Crippen molar-refractivity contribution < 1.29 is 31.5 Å². The lowest BCUT2D eigenvalue weighted by molar-refractivity contribution is -0.260. The molecule has 0 spiro atoms. The van der Waals surface area contributed by atoms with Crippen molar-refractivity contribution in [2.45, 2.75) is 18.3 Å². The molecule has 0 aliphatic rings. The molecule has 6 nitrogen and oxygen atoms in total. The third-order valence-corrected chi connectivity index (χ3v) is 6.72. The number of anilines is 1. The van der Waals surface area contributed by atoms with Crippen LogP contribution in [0.4, 0.5) is 18.9 Å². The molecule has 2 aromatic rings. The zero-order valence-corrected chi connectivity index (χ0v) is 22.0. The lowest BCUT2D eigenvalue weighted by Crippen LogP contribution is -2.47. The van der Waals surface area contributed by atoms with Gasteiger partial charge < -0.3 is 15.7 Å². The molecule has 0 aromatic heterocycles. The summed E-state index contributed by atoms with van der Waals surface area (Å²) in [6.45, 7) is -0.829.